The summed E-state index contributed by atoms with van der Waals surface area (Å²) in [7, 11) is 0. The Balaban J connectivity index is 3.85. The average molecular weight is 1070 g/mol. The van der Waals surface area contributed by atoms with E-state index < -0.39 is 6.10 Å². The van der Waals surface area contributed by atoms with Crippen molar-refractivity contribution in [3.63, 3.8) is 0 Å². The summed E-state index contributed by atoms with van der Waals surface area (Å²) >= 11 is 0. The van der Waals surface area contributed by atoms with E-state index in [2.05, 4.69) is 45.1 Å². The Kier molecular flexibility index (Phi) is 63.6. The van der Waals surface area contributed by atoms with Crippen LogP contribution in [0.2, 0.25) is 0 Å². The van der Waals surface area contributed by atoms with Crippen LogP contribution < -0.4 is 0 Å². The van der Waals surface area contributed by atoms with E-state index in [1.165, 1.54) is 276 Å². The van der Waals surface area contributed by atoms with Gasteiger partial charge in [0.25, 0.3) is 0 Å². The predicted molar refractivity (Wildman–Crippen MR) is 330 cm³/mol. The molecule has 0 radical (unpaired) electrons. The van der Waals surface area contributed by atoms with Crippen LogP contribution in [0.25, 0.3) is 0 Å². The Hall–Kier alpha value is -2.11. The normalized spacial score (nSPS) is 12.1. The summed E-state index contributed by atoms with van der Waals surface area (Å²) in [5.41, 5.74) is 0. The number of esters is 3. The van der Waals surface area contributed by atoms with Crippen LogP contribution in [-0.4, -0.2) is 37.2 Å². The first kappa shape index (κ1) is 73.9. The topological polar surface area (TPSA) is 78.9 Å². The van der Waals surface area contributed by atoms with Gasteiger partial charge in [-0.25, -0.2) is 0 Å². The summed E-state index contributed by atoms with van der Waals surface area (Å²) in [5, 5.41) is 0. The van der Waals surface area contributed by atoms with Gasteiger partial charge in [-0.1, -0.05) is 340 Å². The molecule has 0 aliphatic carbocycles. The molecule has 0 aliphatic rings. The van der Waals surface area contributed by atoms with Gasteiger partial charge in [-0.15, -0.1) is 0 Å². The molecule has 6 heteroatoms. The van der Waals surface area contributed by atoms with Crippen molar-refractivity contribution < 1.29 is 28.6 Å². The average Bonchev–Trinajstić information content (AvgIpc) is 3.42. The fourth-order valence-corrected chi connectivity index (χ4v) is 10.5. The Labute approximate surface area is 474 Å². The molecular formula is C70H132O6. The minimum absolute atomic E-state index is 0.0644. The molecule has 1 atom stereocenters. The van der Waals surface area contributed by atoms with Crippen LogP contribution in [-0.2, 0) is 28.6 Å². The van der Waals surface area contributed by atoms with Crippen molar-refractivity contribution in [1.29, 1.82) is 0 Å². The molecule has 1 unspecified atom stereocenters. The highest BCUT2D eigenvalue weighted by Crippen LogP contribution is 2.19. The molecule has 0 aromatic heterocycles. The molecule has 0 aliphatic heterocycles. The number of allylic oxidation sites excluding steroid dienone is 4. The smallest absolute Gasteiger partial charge is 0.306 e. The van der Waals surface area contributed by atoms with Crippen molar-refractivity contribution in [2.75, 3.05) is 13.2 Å². The van der Waals surface area contributed by atoms with Gasteiger partial charge in [0.1, 0.15) is 13.2 Å². The van der Waals surface area contributed by atoms with Gasteiger partial charge in [-0.2, -0.15) is 0 Å². The van der Waals surface area contributed by atoms with Crippen molar-refractivity contribution in [3.8, 4) is 0 Å². The first-order valence-electron chi connectivity index (χ1n) is 34.3. The maximum atomic E-state index is 12.8. The standard InChI is InChI=1S/C70H132O6/c1-4-7-10-13-15-17-19-21-23-25-27-28-29-30-31-32-33-34-35-36-37-38-39-40-41-42-43-45-46-48-50-52-54-57-60-63-69(72)75-66-67(65-74-68(71)62-59-56-12-9-6-3)76-70(73)64-61-58-55-53-51-49-47-44-26-24-22-20-18-16-14-11-8-5-2/h19,21,25,27,67H,4-18,20,22-24,26,28-66H2,1-3H3/b21-19-,27-25-. The van der Waals surface area contributed by atoms with Crippen molar-refractivity contribution in [3.05, 3.63) is 24.3 Å². The maximum Gasteiger partial charge on any atom is 0.306 e. The molecule has 0 bridgehead atoms. The van der Waals surface area contributed by atoms with E-state index in [-0.39, 0.29) is 31.1 Å². The minimum Gasteiger partial charge on any atom is -0.462 e. The molecule has 0 amide bonds. The highest BCUT2D eigenvalue weighted by atomic mass is 16.6. The quantitative estimate of drug-likeness (QED) is 0.0261. The van der Waals surface area contributed by atoms with Crippen molar-refractivity contribution in [1.82, 2.24) is 0 Å². The van der Waals surface area contributed by atoms with E-state index in [4.69, 9.17) is 14.2 Å². The van der Waals surface area contributed by atoms with Gasteiger partial charge < -0.3 is 14.2 Å². The SMILES string of the molecule is CCCCCCC/C=C\C/C=C\CCCCCCCCCCCCCCCCCCCCCCCCCC(=O)OCC(COC(=O)CCCCCCC)OC(=O)CCCCCCCCCCCCCCCCCCCC. The Morgan fingerprint density at radius 2 is 0.474 bits per heavy atom. The van der Waals surface area contributed by atoms with Crippen LogP contribution in [0.1, 0.15) is 387 Å². The Morgan fingerprint density at radius 3 is 0.724 bits per heavy atom. The van der Waals surface area contributed by atoms with Crippen LogP contribution in [0.5, 0.6) is 0 Å². The minimum atomic E-state index is -0.762. The lowest BCUT2D eigenvalue weighted by atomic mass is 10.0. The van der Waals surface area contributed by atoms with Crippen molar-refractivity contribution >= 4 is 17.9 Å². The number of hydrogen-bond acceptors (Lipinski definition) is 6. The number of hydrogen-bond donors (Lipinski definition) is 0. The molecule has 6 nitrogen and oxygen atoms in total. The third-order valence-electron chi connectivity index (χ3n) is 15.7. The van der Waals surface area contributed by atoms with Crippen molar-refractivity contribution in [2.45, 2.75) is 393 Å². The fraction of sp³-hybridized carbons (Fsp3) is 0.900. The first-order valence-corrected chi connectivity index (χ1v) is 34.3. The molecule has 0 aromatic rings. The number of rotatable bonds is 64. The molecule has 0 fully saturated rings. The zero-order valence-electron chi connectivity index (χ0n) is 51.6. The second kappa shape index (κ2) is 65.4. The largest absolute Gasteiger partial charge is 0.462 e. The van der Waals surface area contributed by atoms with Gasteiger partial charge in [0.05, 0.1) is 0 Å². The molecule has 448 valence electrons. The summed E-state index contributed by atoms with van der Waals surface area (Å²) in [6.45, 7) is 6.61. The van der Waals surface area contributed by atoms with Gasteiger partial charge in [-0.05, 0) is 51.4 Å². The molecular weight excluding hydrogens is 937 g/mol. The van der Waals surface area contributed by atoms with E-state index in [1.54, 1.807) is 0 Å². The Morgan fingerprint density at radius 1 is 0.263 bits per heavy atom. The predicted octanol–water partition coefficient (Wildman–Crippen LogP) is 23.4. The van der Waals surface area contributed by atoms with Gasteiger partial charge in [-0.3, -0.25) is 14.4 Å². The zero-order valence-corrected chi connectivity index (χ0v) is 51.6. The second-order valence-electron chi connectivity index (χ2n) is 23.5. The first-order chi connectivity index (χ1) is 37.5. The molecule has 0 aromatic carbocycles. The molecule has 76 heavy (non-hydrogen) atoms. The number of ether oxygens (including phenoxy) is 3. The number of unbranched alkanes of at least 4 members (excludes halogenated alkanes) is 49. The Bertz CT molecular complexity index is 1230. The summed E-state index contributed by atoms with van der Waals surface area (Å²) in [4.78, 5) is 37.9. The van der Waals surface area contributed by atoms with Crippen molar-refractivity contribution in [2.24, 2.45) is 0 Å². The summed E-state index contributed by atoms with van der Waals surface area (Å²) < 4.78 is 16.8. The molecule has 0 rings (SSSR count). The second-order valence-corrected chi connectivity index (χ2v) is 23.5. The molecule has 0 saturated heterocycles. The summed E-state index contributed by atoms with van der Waals surface area (Å²) in [6, 6.07) is 0. The highest BCUT2D eigenvalue weighted by molar-refractivity contribution is 5.71. The maximum absolute atomic E-state index is 12.8. The van der Waals surface area contributed by atoms with Crippen LogP contribution in [0.3, 0.4) is 0 Å². The third-order valence-corrected chi connectivity index (χ3v) is 15.7. The molecule has 0 heterocycles. The van der Waals surface area contributed by atoms with Crippen LogP contribution >= 0.6 is 0 Å². The van der Waals surface area contributed by atoms with Crippen LogP contribution in [0.4, 0.5) is 0 Å². The van der Waals surface area contributed by atoms with E-state index >= 15 is 0 Å². The van der Waals surface area contributed by atoms with E-state index in [0.29, 0.717) is 19.3 Å². The summed E-state index contributed by atoms with van der Waals surface area (Å²) in [5.74, 6) is -0.851. The third kappa shape index (κ3) is 62.7. The monoisotopic (exact) mass is 1070 g/mol. The number of carbonyl (C=O) groups is 3. The van der Waals surface area contributed by atoms with Crippen LogP contribution in [0, 0.1) is 0 Å². The van der Waals surface area contributed by atoms with E-state index in [9.17, 15) is 14.4 Å². The van der Waals surface area contributed by atoms with E-state index in [0.717, 1.165) is 70.6 Å². The molecule has 0 N–H and O–H groups in total. The molecule has 0 spiro atoms. The van der Waals surface area contributed by atoms with Gasteiger partial charge in [0.15, 0.2) is 6.10 Å². The lowest BCUT2D eigenvalue weighted by molar-refractivity contribution is -0.167. The van der Waals surface area contributed by atoms with Gasteiger partial charge in [0.2, 0.25) is 0 Å². The van der Waals surface area contributed by atoms with E-state index in [1.807, 2.05) is 0 Å². The summed E-state index contributed by atoms with van der Waals surface area (Å²) in [6.07, 6.45) is 79.9. The fourth-order valence-electron chi connectivity index (χ4n) is 10.5. The lowest BCUT2D eigenvalue weighted by Gasteiger charge is -2.18. The van der Waals surface area contributed by atoms with Crippen LogP contribution in [0.15, 0.2) is 24.3 Å². The zero-order chi connectivity index (χ0) is 55.0. The lowest BCUT2D eigenvalue weighted by Crippen LogP contribution is -2.30. The molecule has 0 saturated carbocycles. The number of carbonyl (C=O) groups excluding carboxylic acids is 3. The van der Waals surface area contributed by atoms with Gasteiger partial charge in [0, 0.05) is 19.3 Å². The highest BCUT2D eigenvalue weighted by Gasteiger charge is 2.19. The van der Waals surface area contributed by atoms with Gasteiger partial charge >= 0.3 is 17.9 Å².